The average Bonchev–Trinajstić information content (AvgIpc) is 3.22. The Morgan fingerprint density at radius 2 is 1.52 bits per heavy atom. The van der Waals surface area contributed by atoms with Crippen LogP contribution >= 0.6 is 0 Å². The molecular weight excluding hydrogens is 388 g/mol. The summed E-state index contributed by atoms with van der Waals surface area (Å²) in [7, 11) is -3.52. The van der Waals surface area contributed by atoms with E-state index in [2.05, 4.69) is 20.2 Å². The molecule has 1 aromatic carbocycles. The van der Waals surface area contributed by atoms with Crippen molar-refractivity contribution in [3.05, 3.63) is 59.4 Å². The molecule has 1 aliphatic heterocycles. The van der Waals surface area contributed by atoms with Crippen molar-refractivity contribution in [2.45, 2.75) is 25.7 Å². The largest absolute Gasteiger partial charge is 0.352 e. The first-order valence-corrected chi connectivity index (χ1v) is 11.0. The molecule has 0 radical (unpaired) electrons. The lowest BCUT2D eigenvalue weighted by Gasteiger charge is -2.35. The van der Waals surface area contributed by atoms with Gasteiger partial charge in [-0.15, -0.1) is 10.2 Å². The van der Waals surface area contributed by atoms with Crippen LogP contribution in [0.5, 0.6) is 0 Å². The molecule has 1 aliphatic rings. The van der Waals surface area contributed by atoms with E-state index in [9.17, 15) is 8.42 Å². The van der Waals surface area contributed by atoms with Crippen molar-refractivity contribution in [2.24, 2.45) is 0 Å². The summed E-state index contributed by atoms with van der Waals surface area (Å²) in [5.41, 5.74) is 2.66. The summed E-state index contributed by atoms with van der Waals surface area (Å²) in [6.45, 7) is 7.67. The van der Waals surface area contributed by atoms with Crippen molar-refractivity contribution < 1.29 is 8.42 Å². The van der Waals surface area contributed by atoms with E-state index in [1.807, 2.05) is 57.3 Å². The van der Waals surface area contributed by atoms with Crippen molar-refractivity contribution in [1.82, 2.24) is 24.3 Å². The summed E-state index contributed by atoms with van der Waals surface area (Å²) in [5.74, 6) is 1.38. The molecule has 3 aromatic rings. The molecule has 1 saturated heterocycles. The number of hydrogen-bond donors (Lipinski definition) is 0. The lowest BCUT2D eigenvalue weighted by molar-refractivity contribution is 0.383. The third-order valence-corrected chi connectivity index (χ3v) is 7.35. The summed E-state index contributed by atoms with van der Waals surface area (Å²) < 4.78 is 29.7. The Morgan fingerprint density at radius 3 is 2.07 bits per heavy atom. The quantitative estimate of drug-likeness (QED) is 0.653. The molecule has 4 rings (SSSR count). The van der Waals surface area contributed by atoms with E-state index in [4.69, 9.17) is 0 Å². The zero-order chi connectivity index (χ0) is 20.6. The van der Waals surface area contributed by atoms with Crippen LogP contribution in [0.4, 0.5) is 5.82 Å². The number of hydrogen-bond acceptors (Lipinski definition) is 6. The molecule has 0 amide bonds. The van der Waals surface area contributed by atoms with Gasteiger partial charge >= 0.3 is 0 Å². The highest BCUT2D eigenvalue weighted by Crippen LogP contribution is 2.26. The Labute approximate surface area is 170 Å². The van der Waals surface area contributed by atoms with E-state index in [1.54, 1.807) is 15.2 Å². The maximum Gasteiger partial charge on any atom is 0.243 e. The van der Waals surface area contributed by atoms with Crippen LogP contribution in [-0.4, -0.2) is 58.9 Å². The van der Waals surface area contributed by atoms with Gasteiger partial charge in [-0.2, -0.15) is 9.40 Å². The van der Waals surface area contributed by atoms with Crippen LogP contribution in [0.2, 0.25) is 0 Å². The zero-order valence-corrected chi connectivity index (χ0v) is 17.6. The van der Waals surface area contributed by atoms with Gasteiger partial charge in [-0.05, 0) is 50.1 Å². The molecule has 9 heteroatoms. The Morgan fingerprint density at radius 1 is 0.897 bits per heavy atom. The second kappa shape index (κ2) is 7.57. The fraction of sp³-hybridized carbons (Fsp3) is 0.350. The highest BCUT2D eigenvalue weighted by molar-refractivity contribution is 7.89. The molecule has 3 heterocycles. The molecule has 0 atom stereocenters. The fourth-order valence-corrected chi connectivity index (χ4v) is 5.71. The van der Waals surface area contributed by atoms with Crippen molar-refractivity contribution >= 4 is 15.8 Å². The molecule has 152 valence electrons. The van der Waals surface area contributed by atoms with Crippen molar-refractivity contribution in [1.29, 1.82) is 0 Å². The van der Waals surface area contributed by atoms with E-state index in [1.165, 1.54) is 0 Å². The highest BCUT2D eigenvalue weighted by Gasteiger charge is 2.31. The zero-order valence-electron chi connectivity index (χ0n) is 16.8. The number of anilines is 1. The minimum atomic E-state index is -3.52. The molecule has 0 N–H and O–H groups in total. The van der Waals surface area contributed by atoms with Crippen LogP contribution in [0.15, 0.2) is 47.6 Å². The van der Waals surface area contributed by atoms with Crippen LogP contribution < -0.4 is 4.90 Å². The smallest absolute Gasteiger partial charge is 0.243 e. The summed E-state index contributed by atoms with van der Waals surface area (Å²) >= 11 is 0. The maximum atomic E-state index is 13.2. The Kier molecular flexibility index (Phi) is 5.10. The van der Waals surface area contributed by atoms with Gasteiger partial charge in [-0.1, -0.05) is 17.7 Å². The number of nitrogens with zero attached hydrogens (tertiary/aromatic N) is 6. The van der Waals surface area contributed by atoms with Gasteiger partial charge in [-0.25, -0.2) is 13.1 Å². The van der Waals surface area contributed by atoms with Crippen LogP contribution in [0, 0.1) is 20.8 Å². The molecule has 0 spiro atoms. The summed E-state index contributed by atoms with van der Waals surface area (Å²) in [5, 5.41) is 12.7. The second-order valence-electron chi connectivity index (χ2n) is 7.32. The normalized spacial score (nSPS) is 15.6. The van der Waals surface area contributed by atoms with E-state index >= 15 is 0 Å². The molecule has 0 bridgehead atoms. The van der Waals surface area contributed by atoms with Gasteiger partial charge in [0.1, 0.15) is 0 Å². The predicted octanol–water partition coefficient (Wildman–Crippen LogP) is 2.10. The van der Waals surface area contributed by atoms with Gasteiger partial charge in [0, 0.05) is 38.6 Å². The van der Waals surface area contributed by atoms with E-state index in [0.29, 0.717) is 36.9 Å². The Hall–Kier alpha value is -2.78. The predicted molar refractivity (Wildman–Crippen MR) is 111 cm³/mol. The molecule has 0 aliphatic carbocycles. The van der Waals surface area contributed by atoms with Gasteiger partial charge in [0.2, 0.25) is 10.0 Å². The van der Waals surface area contributed by atoms with Crippen LogP contribution in [0.3, 0.4) is 0 Å². The number of aromatic nitrogens is 4. The van der Waals surface area contributed by atoms with Crippen LogP contribution in [0.25, 0.3) is 5.82 Å². The standard InChI is InChI=1S/C20H24N6O2S/c1-15-13-16(2)20(17(3)14-15)29(27,28)25-11-9-24(10-12-25)18-5-6-19(23-22-18)26-8-4-7-21-26/h4-8,13-14H,9-12H2,1-3H3. The molecule has 1 fully saturated rings. The van der Waals surface area contributed by atoms with Crippen molar-refractivity contribution in [2.75, 3.05) is 31.1 Å². The van der Waals surface area contributed by atoms with E-state index in [0.717, 1.165) is 22.5 Å². The second-order valence-corrected chi connectivity index (χ2v) is 9.19. The molecule has 0 unspecified atom stereocenters. The number of sulfonamides is 1. The minimum absolute atomic E-state index is 0.414. The first-order valence-electron chi connectivity index (χ1n) is 9.53. The highest BCUT2D eigenvalue weighted by atomic mass is 32.2. The average molecular weight is 413 g/mol. The molecule has 0 saturated carbocycles. The Balaban J connectivity index is 1.48. The molecule has 8 nitrogen and oxygen atoms in total. The van der Waals surface area contributed by atoms with Gasteiger partial charge in [0.25, 0.3) is 0 Å². The SMILES string of the molecule is Cc1cc(C)c(S(=O)(=O)N2CCN(c3ccc(-n4cccn4)nn3)CC2)c(C)c1. The monoisotopic (exact) mass is 412 g/mol. The summed E-state index contributed by atoms with van der Waals surface area (Å²) in [6, 6.07) is 9.42. The Bertz CT molecular complexity index is 1080. The lowest BCUT2D eigenvalue weighted by atomic mass is 10.1. The number of benzene rings is 1. The van der Waals surface area contributed by atoms with Gasteiger partial charge in [0.05, 0.1) is 4.90 Å². The van der Waals surface area contributed by atoms with Crippen molar-refractivity contribution in [3.63, 3.8) is 0 Å². The summed E-state index contributed by atoms with van der Waals surface area (Å²) in [6.07, 6.45) is 3.50. The number of piperazine rings is 1. The van der Waals surface area contributed by atoms with Crippen LogP contribution in [-0.2, 0) is 10.0 Å². The minimum Gasteiger partial charge on any atom is -0.352 e. The molecular formula is C20H24N6O2S. The van der Waals surface area contributed by atoms with E-state index < -0.39 is 10.0 Å². The van der Waals surface area contributed by atoms with Gasteiger partial charge in [-0.3, -0.25) is 0 Å². The topological polar surface area (TPSA) is 84.2 Å². The van der Waals surface area contributed by atoms with Gasteiger partial charge < -0.3 is 4.90 Å². The fourth-order valence-electron chi connectivity index (χ4n) is 3.87. The van der Waals surface area contributed by atoms with Crippen LogP contribution in [0.1, 0.15) is 16.7 Å². The van der Waals surface area contributed by atoms with Crippen molar-refractivity contribution in [3.8, 4) is 5.82 Å². The summed E-state index contributed by atoms with van der Waals surface area (Å²) in [4.78, 5) is 2.49. The van der Waals surface area contributed by atoms with E-state index in [-0.39, 0.29) is 0 Å². The molecule has 29 heavy (non-hydrogen) atoms. The molecule has 2 aromatic heterocycles. The third-order valence-electron chi connectivity index (χ3n) is 5.14. The first-order chi connectivity index (χ1) is 13.9. The third kappa shape index (κ3) is 3.75. The van der Waals surface area contributed by atoms with Gasteiger partial charge in [0.15, 0.2) is 11.6 Å². The lowest BCUT2D eigenvalue weighted by Crippen LogP contribution is -2.49. The maximum absolute atomic E-state index is 13.2. The first kappa shape index (κ1) is 19.5. The number of aryl methyl sites for hydroxylation is 3. The number of rotatable bonds is 4.